The summed E-state index contributed by atoms with van der Waals surface area (Å²) in [4.78, 5) is 0. The molecule has 4 heteroatoms. The maximum atomic E-state index is 10.2. The Morgan fingerprint density at radius 2 is 1.67 bits per heavy atom. The average molecular weight is 257 g/mol. The van der Waals surface area contributed by atoms with Gasteiger partial charge in [0.15, 0.2) is 0 Å². The molecule has 0 aromatic carbocycles. The molecule has 0 bridgehead atoms. The van der Waals surface area contributed by atoms with Crippen LogP contribution in [-0.2, 0) is 4.74 Å². The Bertz CT molecular complexity index is 285. The largest absolute Gasteiger partial charge is 0.393 e. The van der Waals surface area contributed by atoms with Crippen molar-refractivity contribution in [2.24, 2.45) is 5.92 Å². The fraction of sp³-hybridized carbons (Fsp3) is 1.00. The minimum atomic E-state index is -0.245. The molecule has 2 atom stereocenters. The third-order valence-electron chi connectivity index (χ3n) is 4.33. The fourth-order valence-electron chi connectivity index (χ4n) is 3.22. The molecule has 1 aliphatic heterocycles. The number of hydrogen-bond donors (Lipinski definition) is 2. The van der Waals surface area contributed by atoms with Gasteiger partial charge in [-0.15, -0.1) is 0 Å². The van der Waals surface area contributed by atoms with Crippen molar-refractivity contribution in [1.82, 2.24) is 5.06 Å². The highest BCUT2D eigenvalue weighted by molar-refractivity contribution is 4.96. The highest BCUT2D eigenvalue weighted by atomic mass is 16.5. The van der Waals surface area contributed by atoms with E-state index in [1.54, 1.807) is 0 Å². The van der Waals surface area contributed by atoms with Gasteiger partial charge in [-0.2, -0.15) is 5.06 Å². The molecule has 0 aromatic rings. The van der Waals surface area contributed by atoms with Gasteiger partial charge in [0.2, 0.25) is 0 Å². The van der Waals surface area contributed by atoms with E-state index in [2.05, 4.69) is 27.7 Å². The summed E-state index contributed by atoms with van der Waals surface area (Å²) in [5.74, 6) is 0.462. The van der Waals surface area contributed by atoms with Gasteiger partial charge in [0.25, 0.3) is 0 Å². The number of piperidine rings is 1. The molecule has 2 aliphatic rings. The number of hydrogen-bond acceptors (Lipinski definition) is 4. The summed E-state index contributed by atoms with van der Waals surface area (Å²) in [6.45, 7) is 8.93. The summed E-state index contributed by atoms with van der Waals surface area (Å²) in [6, 6.07) is 0. The normalized spacial score (nSPS) is 35.7. The number of hydroxylamine groups is 2. The minimum absolute atomic E-state index is 0.0826. The van der Waals surface area contributed by atoms with Crippen LogP contribution < -0.4 is 0 Å². The predicted octanol–water partition coefficient (Wildman–Crippen LogP) is 2.18. The van der Waals surface area contributed by atoms with Gasteiger partial charge in [-0.05, 0) is 59.3 Å². The van der Waals surface area contributed by atoms with Crippen LogP contribution in [0.4, 0.5) is 0 Å². The van der Waals surface area contributed by atoms with Crippen molar-refractivity contribution in [2.45, 2.75) is 76.7 Å². The highest BCUT2D eigenvalue weighted by Gasteiger charge is 2.45. The lowest BCUT2D eigenvalue weighted by molar-refractivity contribution is -0.261. The third kappa shape index (κ3) is 3.05. The van der Waals surface area contributed by atoms with Crippen LogP contribution in [-0.4, -0.2) is 45.3 Å². The van der Waals surface area contributed by atoms with Gasteiger partial charge in [-0.1, -0.05) is 0 Å². The summed E-state index contributed by atoms with van der Waals surface area (Å²) in [7, 11) is 0. The summed E-state index contributed by atoms with van der Waals surface area (Å²) >= 11 is 0. The Labute approximate surface area is 110 Å². The lowest BCUT2D eigenvalue weighted by Gasteiger charge is -2.51. The molecule has 2 fully saturated rings. The molecule has 18 heavy (non-hydrogen) atoms. The summed E-state index contributed by atoms with van der Waals surface area (Å²) < 4.78 is 5.95. The minimum Gasteiger partial charge on any atom is -0.393 e. The van der Waals surface area contributed by atoms with Crippen LogP contribution in [0.15, 0.2) is 0 Å². The molecule has 106 valence electrons. The number of ether oxygens (including phenoxy) is 1. The lowest BCUT2D eigenvalue weighted by atomic mass is 9.80. The SMILES string of the molecule is CC1(C)CC(OCCC2CC2O)CC(C)(C)N1O. The second-order valence-electron chi connectivity index (χ2n) is 7.19. The number of rotatable bonds is 4. The van der Waals surface area contributed by atoms with Crippen LogP contribution in [0.25, 0.3) is 0 Å². The molecule has 0 aromatic heterocycles. The van der Waals surface area contributed by atoms with E-state index >= 15 is 0 Å². The van der Waals surface area contributed by atoms with Crippen molar-refractivity contribution in [2.75, 3.05) is 6.61 Å². The first-order chi connectivity index (χ1) is 8.22. The Hall–Kier alpha value is -0.160. The Morgan fingerprint density at radius 3 is 2.11 bits per heavy atom. The monoisotopic (exact) mass is 257 g/mol. The molecule has 0 radical (unpaired) electrons. The third-order valence-corrected chi connectivity index (χ3v) is 4.33. The van der Waals surface area contributed by atoms with Crippen molar-refractivity contribution in [3.63, 3.8) is 0 Å². The van der Waals surface area contributed by atoms with E-state index in [-0.39, 0.29) is 23.3 Å². The maximum absolute atomic E-state index is 10.2. The van der Waals surface area contributed by atoms with Crippen LogP contribution in [0.1, 0.15) is 53.4 Å². The smallest absolute Gasteiger partial charge is 0.0611 e. The van der Waals surface area contributed by atoms with E-state index in [9.17, 15) is 10.3 Å². The van der Waals surface area contributed by atoms with Crippen molar-refractivity contribution in [1.29, 1.82) is 0 Å². The standard InChI is InChI=1S/C14H27NO3/c1-13(2)8-11(9-14(3,4)15(13)17)18-6-5-10-7-12(10)16/h10-12,16-17H,5-9H2,1-4H3. The lowest BCUT2D eigenvalue weighted by Crippen LogP contribution is -2.60. The number of aliphatic hydroxyl groups is 1. The number of aliphatic hydroxyl groups excluding tert-OH is 1. The Balaban J connectivity index is 1.82. The van der Waals surface area contributed by atoms with E-state index in [0.717, 1.165) is 32.3 Å². The van der Waals surface area contributed by atoms with Crippen molar-refractivity contribution in [3.8, 4) is 0 Å². The first-order valence-electron chi connectivity index (χ1n) is 7.01. The van der Waals surface area contributed by atoms with Crippen molar-refractivity contribution in [3.05, 3.63) is 0 Å². The van der Waals surface area contributed by atoms with Crippen LogP contribution in [0.2, 0.25) is 0 Å². The summed E-state index contributed by atoms with van der Waals surface area (Å²) in [5.41, 5.74) is -0.489. The fourth-order valence-corrected chi connectivity index (χ4v) is 3.22. The molecule has 0 spiro atoms. The average Bonchev–Trinajstić information content (AvgIpc) is 2.90. The van der Waals surface area contributed by atoms with Gasteiger partial charge in [0.05, 0.1) is 12.2 Å². The molecule has 0 amide bonds. The first kappa shape index (κ1) is 14.3. The highest BCUT2D eigenvalue weighted by Crippen LogP contribution is 2.38. The van der Waals surface area contributed by atoms with E-state index in [0.29, 0.717) is 5.92 Å². The topological polar surface area (TPSA) is 52.9 Å². The van der Waals surface area contributed by atoms with Crippen LogP contribution in [0.5, 0.6) is 0 Å². The van der Waals surface area contributed by atoms with Crippen molar-refractivity contribution < 1.29 is 15.1 Å². The van der Waals surface area contributed by atoms with E-state index in [4.69, 9.17) is 4.74 Å². The van der Waals surface area contributed by atoms with Gasteiger partial charge in [-0.25, -0.2) is 0 Å². The molecular formula is C14H27NO3. The second kappa shape index (κ2) is 4.75. The summed E-state index contributed by atoms with van der Waals surface area (Å²) in [6.07, 6.45) is 3.71. The van der Waals surface area contributed by atoms with Crippen LogP contribution in [0.3, 0.4) is 0 Å². The zero-order chi connectivity index (χ0) is 13.6. The molecular weight excluding hydrogens is 230 g/mol. The molecule has 2 N–H and O–H groups in total. The van der Waals surface area contributed by atoms with Gasteiger partial charge >= 0.3 is 0 Å². The number of nitrogens with zero attached hydrogens (tertiary/aromatic N) is 1. The van der Waals surface area contributed by atoms with Gasteiger partial charge in [-0.3, -0.25) is 0 Å². The molecule has 1 aliphatic carbocycles. The molecule has 2 unspecified atom stereocenters. The molecule has 1 saturated carbocycles. The van der Waals surface area contributed by atoms with Crippen LogP contribution in [0, 0.1) is 5.92 Å². The van der Waals surface area contributed by atoms with E-state index in [1.165, 1.54) is 5.06 Å². The first-order valence-corrected chi connectivity index (χ1v) is 7.01. The Kier molecular flexibility index (Phi) is 3.76. The van der Waals surface area contributed by atoms with Crippen LogP contribution >= 0.6 is 0 Å². The van der Waals surface area contributed by atoms with Gasteiger partial charge < -0.3 is 15.1 Å². The van der Waals surface area contributed by atoms with Gasteiger partial charge in [0.1, 0.15) is 0 Å². The van der Waals surface area contributed by atoms with E-state index < -0.39 is 0 Å². The second-order valence-corrected chi connectivity index (χ2v) is 7.19. The van der Waals surface area contributed by atoms with Crippen molar-refractivity contribution >= 4 is 0 Å². The summed E-state index contributed by atoms with van der Waals surface area (Å²) in [5, 5.41) is 20.9. The molecule has 4 nitrogen and oxygen atoms in total. The predicted molar refractivity (Wildman–Crippen MR) is 69.5 cm³/mol. The quantitative estimate of drug-likeness (QED) is 0.810. The molecule has 1 heterocycles. The zero-order valence-electron chi connectivity index (χ0n) is 12.0. The molecule has 2 rings (SSSR count). The van der Waals surface area contributed by atoms with Gasteiger partial charge in [0, 0.05) is 17.7 Å². The molecule has 1 saturated heterocycles. The maximum Gasteiger partial charge on any atom is 0.0611 e. The van der Waals surface area contributed by atoms with E-state index in [1.807, 2.05) is 0 Å². The Morgan fingerprint density at radius 1 is 1.17 bits per heavy atom. The zero-order valence-corrected chi connectivity index (χ0v) is 12.0.